The van der Waals surface area contributed by atoms with E-state index in [-0.39, 0.29) is 17.5 Å². The molecule has 2 aromatic carbocycles. The summed E-state index contributed by atoms with van der Waals surface area (Å²) in [5.74, 6) is 0.346. The summed E-state index contributed by atoms with van der Waals surface area (Å²) in [6.07, 6.45) is 0. The highest BCUT2D eigenvalue weighted by atomic mass is 16.2. The molecule has 0 spiro atoms. The van der Waals surface area contributed by atoms with Crippen LogP contribution in [0.2, 0.25) is 0 Å². The lowest BCUT2D eigenvalue weighted by atomic mass is 10.1. The number of nitrogens with one attached hydrogen (secondary N) is 1. The summed E-state index contributed by atoms with van der Waals surface area (Å²) in [6, 6.07) is 14.0. The number of amides is 1. The van der Waals surface area contributed by atoms with E-state index in [1.54, 1.807) is 28.8 Å². The Hall–Kier alpha value is -2.95. The minimum Gasteiger partial charge on any atom is -0.342 e. The zero-order chi connectivity index (χ0) is 15.3. The first kappa shape index (κ1) is 12.8. The van der Waals surface area contributed by atoms with Gasteiger partial charge in [0.15, 0.2) is 0 Å². The molecule has 1 amide bonds. The second kappa shape index (κ2) is 4.53. The van der Waals surface area contributed by atoms with Gasteiger partial charge >= 0.3 is 0 Å². The van der Waals surface area contributed by atoms with Crippen LogP contribution in [0.3, 0.4) is 0 Å². The van der Waals surface area contributed by atoms with Crippen LogP contribution in [0.5, 0.6) is 0 Å². The molecule has 5 nitrogen and oxygen atoms in total. The van der Waals surface area contributed by atoms with Gasteiger partial charge in [0.25, 0.3) is 11.5 Å². The van der Waals surface area contributed by atoms with Crippen molar-refractivity contribution in [2.24, 2.45) is 0 Å². The van der Waals surface area contributed by atoms with Crippen LogP contribution in [-0.4, -0.2) is 15.5 Å². The van der Waals surface area contributed by atoms with Gasteiger partial charge in [0.2, 0.25) is 0 Å². The van der Waals surface area contributed by atoms with Gasteiger partial charge in [-0.15, -0.1) is 0 Å². The highest BCUT2D eigenvalue weighted by Crippen LogP contribution is 2.24. The smallest absolute Gasteiger partial charge is 0.266 e. The van der Waals surface area contributed by atoms with E-state index in [0.29, 0.717) is 28.0 Å². The Balaban J connectivity index is 2.20. The molecule has 1 aliphatic heterocycles. The van der Waals surface area contributed by atoms with Gasteiger partial charge in [0.05, 0.1) is 28.2 Å². The van der Waals surface area contributed by atoms with Crippen LogP contribution in [0.15, 0.2) is 53.3 Å². The molecule has 0 saturated heterocycles. The van der Waals surface area contributed by atoms with E-state index >= 15 is 0 Å². The number of benzene rings is 2. The fraction of sp³-hybridized carbons (Fsp3) is 0.118. The van der Waals surface area contributed by atoms with Crippen LogP contribution >= 0.6 is 0 Å². The Morgan fingerprint density at radius 2 is 1.77 bits per heavy atom. The van der Waals surface area contributed by atoms with Crippen LogP contribution in [0, 0.1) is 0 Å². The standard InChI is InChI=1S/C17H13N3O2/c1-10-15-19-13-8-4-2-6-11(13)17(22)20(15)14-9-5-3-7-12(14)16(21)18-10/h2-10H,1H3,(H,18,21)/t10-/m0/s1. The molecule has 1 aromatic heterocycles. The second-order valence-corrected chi connectivity index (χ2v) is 5.34. The zero-order valence-electron chi connectivity index (χ0n) is 11.9. The average molecular weight is 291 g/mol. The number of carbonyl (C=O) groups excluding carboxylic acids is 1. The molecule has 22 heavy (non-hydrogen) atoms. The van der Waals surface area contributed by atoms with E-state index in [1.807, 2.05) is 31.2 Å². The minimum absolute atomic E-state index is 0.156. The predicted octanol–water partition coefficient (Wildman–Crippen LogP) is 2.19. The number of aromatic nitrogens is 2. The number of hydrogen-bond acceptors (Lipinski definition) is 3. The van der Waals surface area contributed by atoms with Crippen molar-refractivity contribution < 1.29 is 4.79 Å². The molecule has 1 atom stereocenters. The summed E-state index contributed by atoms with van der Waals surface area (Å²) in [5.41, 5.74) is 1.53. The maximum absolute atomic E-state index is 12.9. The number of hydrogen-bond donors (Lipinski definition) is 1. The van der Waals surface area contributed by atoms with Crippen LogP contribution in [0.4, 0.5) is 0 Å². The molecule has 0 unspecified atom stereocenters. The lowest BCUT2D eigenvalue weighted by Gasteiger charge is -2.15. The molecule has 0 saturated carbocycles. The molecule has 2 heterocycles. The SMILES string of the molecule is C[C@@H]1NC(=O)c2ccccc2-n2c1nc1ccccc1c2=O. The molecule has 0 radical (unpaired) electrons. The predicted molar refractivity (Wildman–Crippen MR) is 83.2 cm³/mol. The van der Waals surface area contributed by atoms with Gasteiger partial charge in [-0.05, 0) is 31.2 Å². The quantitative estimate of drug-likeness (QED) is 0.690. The summed E-state index contributed by atoms with van der Waals surface area (Å²) in [7, 11) is 0. The Morgan fingerprint density at radius 3 is 2.64 bits per heavy atom. The molecule has 1 N–H and O–H groups in total. The van der Waals surface area contributed by atoms with E-state index < -0.39 is 0 Å². The van der Waals surface area contributed by atoms with E-state index in [0.717, 1.165) is 0 Å². The Bertz CT molecular complexity index is 975. The molecule has 0 fully saturated rings. The monoisotopic (exact) mass is 291 g/mol. The largest absolute Gasteiger partial charge is 0.342 e. The fourth-order valence-corrected chi connectivity index (χ4v) is 2.87. The molecule has 0 aliphatic carbocycles. The van der Waals surface area contributed by atoms with Crippen molar-refractivity contribution in [2.45, 2.75) is 13.0 Å². The van der Waals surface area contributed by atoms with Crippen LogP contribution in [0.1, 0.15) is 29.1 Å². The first-order valence-corrected chi connectivity index (χ1v) is 7.09. The normalized spacial score (nSPS) is 16.6. The third-order valence-electron chi connectivity index (χ3n) is 3.93. The third-order valence-corrected chi connectivity index (χ3v) is 3.93. The summed E-state index contributed by atoms with van der Waals surface area (Å²) in [5, 5.41) is 3.43. The Labute approximate surface area is 126 Å². The number of nitrogens with zero attached hydrogens (tertiary/aromatic N) is 2. The number of para-hydroxylation sites is 2. The van der Waals surface area contributed by atoms with Gasteiger partial charge in [0.1, 0.15) is 5.82 Å². The number of rotatable bonds is 0. The Morgan fingerprint density at radius 1 is 1.05 bits per heavy atom. The Kier molecular flexibility index (Phi) is 2.63. The van der Waals surface area contributed by atoms with Crippen molar-refractivity contribution in [3.8, 4) is 5.69 Å². The van der Waals surface area contributed by atoms with Gasteiger partial charge in [-0.25, -0.2) is 4.98 Å². The van der Waals surface area contributed by atoms with Crippen LogP contribution in [0.25, 0.3) is 16.6 Å². The van der Waals surface area contributed by atoms with Crippen molar-refractivity contribution in [1.29, 1.82) is 0 Å². The van der Waals surface area contributed by atoms with Crippen LogP contribution in [-0.2, 0) is 0 Å². The second-order valence-electron chi connectivity index (χ2n) is 5.34. The van der Waals surface area contributed by atoms with E-state index in [4.69, 9.17) is 0 Å². The maximum atomic E-state index is 12.9. The highest BCUT2D eigenvalue weighted by Gasteiger charge is 2.26. The molecule has 3 aromatic rings. The molecule has 0 bridgehead atoms. The van der Waals surface area contributed by atoms with Gasteiger partial charge in [-0.2, -0.15) is 0 Å². The summed E-state index contributed by atoms with van der Waals surface area (Å²) in [4.78, 5) is 29.9. The maximum Gasteiger partial charge on any atom is 0.266 e. The van der Waals surface area contributed by atoms with Gasteiger partial charge in [-0.1, -0.05) is 24.3 Å². The molecule has 4 rings (SSSR count). The summed E-state index contributed by atoms with van der Waals surface area (Å²) >= 11 is 0. The lowest BCUT2D eigenvalue weighted by molar-refractivity contribution is 0.0941. The average Bonchev–Trinajstić information content (AvgIpc) is 2.64. The van der Waals surface area contributed by atoms with Gasteiger partial charge in [0, 0.05) is 0 Å². The van der Waals surface area contributed by atoms with Crippen molar-refractivity contribution >= 4 is 16.8 Å². The minimum atomic E-state index is -0.350. The first-order valence-electron chi connectivity index (χ1n) is 7.09. The summed E-state index contributed by atoms with van der Waals surface area (Å²) < 4.78 is 1.54. The fourth-order valence-electron chi connectivity index (χ4n) is 2.87. The molecule has 108 valence electrons. The van der Waals surface area contributed by atoms with Gasteiger partial charge < -0.3 is 5.32 Å². The van der Waals surface area contributed by atoms with Crippen LogP contribution < -0.4 is 10.9 Å². The molecule has 5 heteroatoms. The molecular weight excluding hydrogens is 278 g/mol. The van der Waals surface area contributed by atoms with E-state index in [1.165, 1.54) is 0 Å². The van der Waals surface area contributed by atoms with E-state index in [2.05, 4.69) is 10.3 Å². The first-order chi connectivity index (χ1) is 10.7. The lowest BCUT2D eigenvalue weighted by Crippen LogP contribution is -2.28. The third kappa shape index (κ3) is 1.69. The van der Waals surface area contributed by atoms with Crippen molar-refractivity contribution in [2.75, 3.05) is 0 Å². The van der Waals surface area contributed by atoms with Crippen molar-refractivity contribution in [3.05, 3.63) is 70.3 Å². The number of carbonyl (C=O) groups is 1. The van der Waals surface area contributed by atoms with E-state index in [9.17, 15) is 9.59 Å². The molecular formula is C17H13N3O2. The topological polar surface area (TPSA) is 64.0 Å². The molecule has 1 aliphatic rings. The summed E-state index contributed by atoms with van der Waals surface area (Å²) in [6.45, 7) is 1.83. The van der Waals surface area contributed by atoms with Crippen molar-refractivity contribution in [1.82, 2.24) is 14.9 Å². The highest BCUT2D eigenvalue weighted by molar-refractivity contribution is 5.98. The van der Waals surface area contributed by atoms with Gasteiger partial charge in [-0.3, -0.25) is 14.2 Å². The zero-order valence-corrected chi connectivity index (χ0v) is 11.9. The van der Waals surface area contributed by atoms with Crippen molar-refractivity contribution in [3.63, 3.8) is 0 Å². The number of fused-ring (bicyclic) bond motifs is 4.